The van der Waals surface area contributed by atoms with E-state index >= 15 is 0 Å². The highest BCUT2D eigenvalue weighted by molar-refractivity contribution is 5.55. The summed E-state index contributed by atoms with van der Waals surface area (Å²) in [6, 6.07) is 13.1. The molecule has 0 saturated carbocycles. The first-order valence-corrected chi connectivity index (χ1v) is 9.83. The van der Waals surface area contributed by atoms with E-state index in [-0.39, 0.29) is 12.0 Å². The molecule has 1 saturated heterocycles. The molecule has 164 valence electrons. The molecular formula is C21H21F3N4O3. The van der Waals surface area contributed by atoms with Crippen molar-refractivity contribution in [3.63, 3.8) is 0 Å². The monoisotopic (exact) mass is 434 g/mol. The number of hydroxylamine groups is 1. The van der Waals surface area contributed by atoms with Gasteiger partial charge in [-0.3, -0.25) is 4.84 Å². The zero-order valence-electron chi connectivity index (χ0n) is 16.5. The minimum atomic E-state index is -4.72. The Morgan fingerprint density at radius 1 is 1.06 bits per heavy atom. The molecule has 0 bridgehead atoms. The average molecular weight is 434 g/mol. The normalized spacial score (nSPS) is 16.9. The van der Waals surface area contributed by atoms with Crippen LogP contribution in [0.2, 0.25) is 0 Å². The maximum Gasteiger partial charge on any atom is 0.573 e. The number of hydrogen-bond acceptors (Lipinski definition) is 6. The third-order valence-electron chi connectivity index (χ3n) is 4.67. The lowest BCUT2D eigenvalue weighted by Crippen LogP contribution is -2.29. The molecule has 1 unspecified atom stereocenters. The number of nitrogens with one attached hydrogen (secondary N) is 1. The SMILES string of the molecule is FC(F)(F)Oc1ccc(-n2cnc(-c3ccc(CNOC4CCCCO4)cc3)n2)cc1. The van der Waals surface area contributed by atoms with Gasteiger partial charge in [0.15, 0.2) is 12.1 Å². The van der Waals surface area contributed by atoms with Gasteiger partial charge in [0.05, 0.1) is 5.69 Å². The molecule has 1 aliphatic rings. The summed E-state index contributed by atoms with van der Waals surface area (Å²) in [5.41, 5.74) is 5.34. The molecule has 7 nitrogen and oxygen atoms in total. The second-order valence-electron chi connectivity index (χ2n) is 6.99. The van der Waals surface area contributed by atoms with Crippen molar-refractivity contribution < 1.29 is 27.5 Å². The zero-order chi connectivity index (χ0) is 21.7. The molecule has 0 spiro atoms. The summed E-state index contributed by atoms with van der Waals surface area (Å²) in [4.78, 5) is 9.80. The molecule has 1 aromatic heterocycles. The van der Waals surface area contributed by atoms with Crippen LogP contribution in [0, 0.1) is 0 Å². The van der Waals surface area contributed by atoms with Gasteiger partial charge in [0, 0.05) is 25.1 Å². The van der Waals surface area contributed by atoms with Crippen molar-refractivity contribution in [2.24, 2.45) is 0 Å². The highest BCUT2D eigenvalue weighted by atomic mass is 19.4. The Bertz CT molecular complexity index is 969. The molecule has 0 amide bonds. The third-order valence-corrected chi connectivity index (χ3v) is 4.67. The van der Waals surface area contributed by atoms with Gasteiger partial charge in [0.1, 0.15) is 12.1 Å². The van der Waals surface area contributed by atoms with Crippen molar-refractivity contribution in [1.29, 1.82) is 0 Å². The van der Waals surface area contributed by atoms with Crippen LogP contribution in [0.25, 0.3) is 17.1 Å². The first-order chi connectivity index (χ1) is 15.0. The number of hydrogen-bond donors (Lipinski definition) is 1. The molecule has 0 aliphatic carbocycles. The molecule has 2 aromatic carbocycles. The standard InChI is InChI=1S/C21H21F3N4O3/c22-21(23,24)30-18-10-8-17(9-11-18)28-14-25-20(27-28)16-6-4-15(5-7-16)13-26-31-19-3-1-2-12-29-19/h4-11,14,19,26H,1-3,12-13H2. The van der Waals surface area contributed by atoms with Crippen LogP contribution in [0.1, 0.15) is 24.8 Å². The van der Waals surface area contributed by atoms with E-state index < -0.39 is 6.36 Å². The Balaban J connectivity index is 1.34. The van der Waals surface area contributed by atoms with Gasteiger partial charge >= 0.3 is 6.36 Å². The first kappa shape index (κ1) is 21.3. The predicted molar refractivity (Wildman–Crippen MR) is 105 cm³/mol. The smallest absolute Gasteiger partial charge is 0.406 e. The maximum absolute atomic E-state index is 12.3. The fourth-order valence-electron chi connectivity index (χ4n) is 3.11. The van der Waals surface area contributed by atoms with E-state index in [0.29, 0.717) is 18.1 Å². The third kappa shape index (κ3) is 6.03. The Morgan fingerprint density at radius 3 is 2.52 bits per heavy atom. The number of nitrogens with zero attached hydrogens (tertiary/aromatic N) is 3. The Hall–Kier alpha value is -2.95. The van der Waals surface area contributed by atoms with E-state index in [1.807, 2.05) is 24.3 Å². The molecule has 1 aliphatic heterocycles. The molecule has 3 aromatic rings. The predicted octanol–water partition coefficient (Wildman–Crippen LogP) is 4.38. The van der Waals surface area contributed by atoms with Gasteiger partial charge in [0.2, 0.25) is 0 Å². The maximum atomic E-state index is 12.3. The second kappa shape index (κ2) is 9.46. The van der Waals surface area contributed by atoms with Gasteiger partial charge in [-0.1, -0.05) is 24.3 Å². The quantitative estimate of drug-likeness (QED) is 0.557. The van der Waals surface area contributed by atoms with Gasteiger partial charge in [-0.05, 0) is 42.7 Å². The fraction of sp³-hybridized carbons (Fsp3) is 0.333. The largest absolute Gasteiger partial charge is 0.573 e. The van der Waals surface area contributed by atoms with Crippen LogP contribution in [0.3, 0.4) is 0 Å². The van der Waals surface area contributed by atoms with E-state index in [9.17, 15) is 13.2 Å². The van der Waals surface area contributed by atoms with E-state index in [1.54, 1.807) is 0 Å². The molecule has 31 heavy (non-hydrogen) atoms. The van der Waals surface area contributed by atoms with Crippen LogP contribution in [-0.4, -0.2) is 34.0 Å². The molecule has 1 atom stereocenters. The van der Waals surface area contributed by atoms with Crippen molar-refractivity contribution in [3.8, 4) is 22.8 Å². The van der Waals surface area contributed by atoms with E-state index in [0.717, 1.165) is 37.0 Å². The molecule has 0 radical (unpaired) electrons. The lowest BCUT2D eigenvalue weighted by Gasteiger charge is -2.22. The van der Waals surface area contributed by atoms with Crippen LogP contribution in [0.4, 0.5) is 13.2 Å². The van der Waals surface area contributed by atoms with Crippen molar-refractivity contribution in [3.05, 3.63) is 60.4 Å². The minimum absolute atomic E-state index is 0.199. The number of aromatic nitrogens is 3. The van der Waals surface area contributed by atoms with E-state index in [1.165, 1.54) is 35.3 Å². The molecule has 4 rings (SSSR count). The molecule has 1 fully saturated rings. The minimum Gasteiger partial charge on any atom is -0.406 e. The molecular weight excluding hydrogens is 413 g/mol. The van der Waals surface area contributed by atoms with Crippen molar-refractivity contribution in [2.75, 3.05) is 6.61 Å². The highest BCUT2D eigenvalue weighted by Gasteiger charge is 2.31. The summed E-state index contributed by atoms with van der Waals surface area (Å²) in [6.45, 7) is 1.26. The number of alkyl halides is 3. The van der Waals surface area contributed by atoms with Crippen molar-refractivity contribution in [2.45, 2.75) is 38.5 Å². The average Bonchev–Trinajstić information content (AvgIpc) is 3.25. The van der Waals surface area contributed by atoms with Crippen LogP contribution in [0.5, 0.6) is 5.75 Å². The lowest BCUT2D eigenvalue weighted by molar-refractivity contribution is -0.274. The summed E-state index contributed by atoms with van der Waals surface area (Å²) in [5.74, 6) is 0.210. The summed E-state index contributed by atoms with van der Waals surface area (Å²) >= 11 is 0. The first-order valence-electron chi connectivity index (χ1n) is 9.83. The summed E-state index contributed by atoms with van der Waals surface area (Å²) in [7, 11) is 0. The van der Waals surface area contributed by atoms with Gasteiger partial charge < -0.3 is 9.47 Å². The second-order valence-corrected chi connectivity index (χ2v) is 6.99. The van der Waals surface area contributed by atoms with Gasteiger partial charge in [-0.15, -0.1) is 18.3 Å². The fourth-order valence-corrected chi connectivity index (χ4v) is 3.11. The van der Waals surface area contributed by atoms with E-state index in [2.05, 4.69) is 20.3 Å². The highest BCUT2D eigenvalue weighted by Crippen LogP contribution is 2.24. The summed E-state index contributed by atoms with van der Waals surface area (Å²) in [5, 5.41) is 4.39. The summed E-state index contributed by atoms with van der Waals surface area (Å²) in [6.07, 6.45) is -0.356. The number of halogens is 3. The Kier molecular flexibility index (Phi) is 6.50. The zero-order valence-corrected chi connectivity index (χ0v) is 16.5. The van der Waals surface area contributed by atoms with Crippen molar-refractivity contribution >= 4 is 0 Å². The van der Waals surface area contributed by atoms with Crippen LogP contribution >= 0.6 is 0 Å². The van der Waals surface area contributed by atoms with Gasteiger partial charge in [-0.25, -0.2) is 9.67 Å². The van der Waals surface area contributed by atoms with E-state index in [4.69, 9.17) is 9.57 Å². The van der Waals surface area contributed by atoms with Gasteiger partial charge in [-0.2, -0.15) is 5.48 Å². The van der Waals surface area contributed by atoms with Crippen molar-refractivity contribution in [1.82, 2.24) is 20.2 Å². The number of benzene rings is 2. The number of rotatable bonds is 7. The van der Waals surface area contributed by atoms with Crippen LogP contribution in [0.15, 0.2) is 54.9 Å². The topological polar surface area (TPSA) is 70.4 Å². The Labute approximate surface area is 176 Å². The van der Waals surface area contributed by atoms with Crippen LogP contribution in [-0.2, 0) is 16.1 Å². The molecule has 1 N–H and O–H groups in total. The summed E-state index contributed by atoms with van der Waals surface area (Å²) < 4.78 is 47.7. The lowest BCUT2D eigenvalue weighted by atomic mass is 10.1. The molecule has 10 heteroatoms. The molecule has 2 heterocycles. The van der Waals surface area contributed by atoms with Gasteiger partial charge in [0.25, 0.3) is 0 Å². The Morgan fingerprint density at radius 2 is 1.84 bits per heavy atom. The number of ether oxygens (including phenoxy) is 2. The van der Waals surface area contributed by atoms with Crippen LogP contribution < -0.4 is 10.2 Å².